The van der Waals surface area contributed by atoms with Crippen LogP contribution in [0.3, 0.4) is 0 Å². The summed E-state index contributed by atoms with van der Waals surface area (Å²) in [5.41, 5.74) is 3.44. The summed E-state index contributed by atoms with van der Waals surface area (Å²) in [6.07, 6.45) is 0. The number of rotatable bonds is 5. The van der Waals surface area contributed by atoms with Crippen molar-refractivity contribution in [2.45, 2.75) is 33.4 Å². The summed E-state index contributed by atoms with van der Waals surface area (Å²) < 4.78 is 5.31. The molecule has 1 atom stereocenters. The number of carbonyl (C=O) groups excluding carboxylic acids is 2. The molecule has 5 heteroatoms. The van der Waals surface area contributed by atoms with Crippen molar-refractivity contribution < 1.29 is 14.3 Å². The highest BCUT2D eigenvalue weighted by molar-refractivity contribution is 6.33. The molecule has 0 saturated heterocycles. The first-order chi connectivity index (χ1) is 11.4. The number of hydrogen-bond donors (Lipinski definition) is 1. The van der Waals surface area contributed by atoms with Crippen LogP contribution in [-0.4, -0.2) is 17.9 Å². The Balaban J connectivity index is 1.94. The third kappa shape index (κ3) is 4.59. The van der Waals surface area contributed by atoms with E-state index >= 15 is 0 Å². The van der Waals surface area contributed by atoms with Crippen LogP contribution >= 0.6 is 11.6 Å². The summed E-state index contributed by atoms with van der Waals surface area (Å²) in [6, 6.07) is 11.9. The molecule has 0 radical (unpaired) electrons. The maximum atomic E-state index is 12.2. The van der Waals surface area contributed by atoms with E-state index < -0.39 is 17.9 Å². The minimum atomic E-state index is -0.765. The number of esters is 1. The third-order valence-electron chi connectivity index (χ3n) is 3.69. The van der Waals surface area contributed by atoms with Crippen LogP contribution < -0.4 is 5.32 Å². The zero-order chi connectivity index (χ0) is 17.7. The van der Waals surface area contributed by atoms with Crippen molar-refractivity contribution in [3.63, 3.8) is 0 Å². The molecule has 0 bridgehead atoms. The number of nitrogens with one attached hydrogen (secondary N) is 1. The van der Waals surface area contributed by atoms with Crippen molar-refractivity contribution in [2.75, 3.05) is 0 Å². The Kier molecular flexibility index (Phi) is 5.99. The average Bonchev–Trinajstić information content (AvgIpc) is 2.55. The van der Waals surface area contributed by atoms with E-state index in [2.05, 4.69) is 5.32 Å². The molecule has 0 aliphatic carbocycles. The molecule has 0 saturated carbocycles. The van der Waals surface area contributed by atoms with Gasteiger partial charge in [-0.15, -0.1) is 0 Å². The third-order valence-corrected chi connectivity index (χ3v) is 4.02. The number of ether oxygens (including phenoxy) is 1. The normalized spacial score (nSPS) is 11.7. The van der Waals surface area contributed by atoms with E-state index in [1.54, 1.807) is 31.2 Å². The number of hydrogen-bond acceptors (Lipinski definition) is 3. The van der Waals surface area contributed by atoms with Crippen molar-refractivity contribution in [3.05, 3.63) is 69.7 Å². The van der Waals surface area contributed by atoms with Gasteiger partial charge in [-0.2, -0.15) is 0 Å². The smallest absolute Gasteiger partial charge is 0.328 e. The van der Waals surface area contributed by atoms with E-state index in [0.29, 0.717) is 10.6 Å². The summed E-state index contributed by atoms with van der Waals surface area (Å²) in [4.78, 5) is 24.2. The van der Waals surface area contributed by atoms with Gasteiger partial charge < -0.3 is 10.1 Å². The summed E-state index contributed by atoms with van der Waals surface area (Å²) in [6.45, 7) is 5.71. The Morgan fingerprint density at radius 1 is 1.17 bits per heavy atom. The zero-order valence-electron chi connectivity index (χ0n) is 13.9. The number of halogens is 1. The summed E-state index contributed by atoms with van der Waals surface area (Å²) in [5.74, 6) is -0.895. The van der Waals surface area contributed by atoms with Gasteiger partial charge in [0.15, 0.2) is 0 Å². The highest BCUT2D eigenvalue weighted by Gasteiger charge is 2.19. The van der Waals surface area contributed by atoms with E-state index in [9.17, 15) is 9.59 Å². The van der Waals surface area contributed by atoms with Crippen LogP contribution in [0.4, 0.5) is 0 Å². The molecule has 0 aromatic heterocycles. The fourth-order valence-electron chi connectivity index (χ4n) is 2.21. The summed E-state index contributed by atoms with van der Waals surface area (Å²) >= 11 is 5.98. The van der Waals surface area contributed by atoms with Crippen molar-refractivity contribution in [3.8, 4) is 0 Å². The van der Waals surface area contributed by atoms with Crippen molar-refractivity contribution >= 4 is 23.5 Å². The molecule has 126 valence electrons. The lowest BCUT2D eigenvalue weighted by Crippen LogP contribution is -2.39. The molecular formula is C19H20ClNO3. The van der Waals surface area contributed by atoms with Crippen LogP contribution in [-0.2, 0) is 16.1 Å². The van der Waals surface area contributed by atoms with Gasteiger partial charge in [0.25, 0.3) is 5.91 Å². The summed E-state index contributed by atoms with van der Waals surface area (Å²) in [7, 11) is 0. The van der Waals surface area contributed by atoms with Gasteiger partial charge in [-0.1, -0.05) is 47.5 Å². The second-order valence-electron chi connectivity index (χ2n) is 5.71. The lowest BCUT2D eigenvalue weighted by Gasteiger charge is -2.15. The fraction of sp³-hybridized carbons (Fsp3) is 0.263. The molecule has 2 aromatic rings. The second-order valence-corrected chi connectivity index (χ2v) is 6.12. The minimum absolute atomic E-state index is 0.179. The SMILES string of the molecule is Cc1ccc(C)c(COC(=O)[C@H](C)NC(=O)c2ccccc2Cl)c1. The molecule has 2 aromatic carbocycles. The predicted molar refractivity (Wildman–Crippen MR) is 94.1 cm³/mol. The molecular weight excluding hydrogens is 326 g/mol. The first-order valence-electron chi connectivity index (χ1n) is 7.66. The van der Waals surface area contributed by atoms with Crippen LogP contribution in [0.15, 0.2) is 42.5 Å². The second kappa shape index (κ2) is 7.97. The van der Waals surface area contributed by atoms with Crippen molar-refractivity contribution in [1.29, 1.82) is 0 Å². The summed E-state index contributed by atoms with van der Waals surface area (Å²) in [5, 5.41) is 2.94. The molecule has 0 fully saturated rings. The van der Waals surface area contributed by atoms with Gasteiger partial charge >= 0.3 is 5.97 Å². The topological polar surface area (TPSA) is 55.4 Å². The first-order valence-corrected chi connectivity index (χ1v) is 8.04. The standard InChI is InChI=1S/C19H20ClNO3/c1-12-8-9-13(2)15(10-12)11-24-19(23)14(3)21-18(22)16-6-4-5-7-17(16)20/h4-10,14H,11H2,1-3H3,(H,21,22)/t14-/m0/s1. The Morgan fingerprint density at radius 2 is 1.88 bits per heavy atom. The van der Waals surface area contributed by atoms with Gasteiger partial charge in [-0.3, -0.25) is 4.79 Å². The van der Waals surface area contributed by atoms with E-state index in [0.717, 1.165) is 16.7 Å². The maximum Gasteiger partial charge on any atom is 0.328 e. The van der Waals surface area contributed by atoms with E-state index in [1.165, 1.54) is 0 Å². The van der Waals surface area contributed by atoms with Crippen molar-refractivity contribution in [1.82, 2.24) is 5.32 Å². The van der Waals surface area contributed by atoms with Gasteiger partial charge in [0.05, 0.1) is 10.6 Å². The fourth-order valence-corrected chi connectivity index (χ4v) is 2.43. The van der Waals surface area contributed by atoms with E-state index in [4.69, 9.17) is 16.3 Å². The first kappa shape index (κ1) is 18.0. The van der Waals surface area contributed by atoms with Gasteiger partial charge in [-0.05, 0) is 44.0 Å². The average molecular weight is 346 g/mol. The number of benzene rings is 2. The largest absolute Gasteiger partial charge is 0.459 e. The Hall–Kier alpha value is -2.33. The van der Waals surface area contributed by atoms with E-state index in [-0.39, 0.29) is 6.61 Å². The predicted octanol–water partition coefficient (Wildman–Crippen LogP) is 3.82. The highest BCUT2D eigenvalue weighted by Crippen LogP contribution is 2.15. The Bertz CT molecular complexity index is 758. The molecule has 1 amide bonds. The number of aryl methyl sites for hydroxylation is 2. The Labute approximate surface area is 146 Å². The molecule has 0 unspecified atom stereocenters. The van der Waals surface area contributed by atoms with Crippen LogP contribution in [0.1, 0.15) is 34.0 Å². The number of carbonyl (C=O) groups is 2. The monoisotopic (exact) mass is 345 g/mol. The molecule has 0 heterocycles. The van der Waals surface area contributed by atoms with Crippen LogP contribution in [0.5, 0.6) is 0 Å². The zero-order valence-corrected chi connectivity index (χ0v) is 14.7. The lowest BCUT2D eigenvalue weighted by atomic mass is 10.1. The molecule has 0 aliphatic rings. The molecule has 1 N–H and O–H groups in total. The molecule has 24 heavy (non-hydrogen) atoms. The molecule has 0 spiro atoms. The van der Waals surface area contributed by atoms with Gasteiger partial charge in [0, 0.05) is 0 Å². The highest BCUT2D eigenvalue weighted by atomic mass is 35.5. The lowest BCUT2D eigenvalue weighted by molar-refractivity contribution is -0.146. The van der Waals surface area contributed by atoms with Crippen LogP contribution in [0, 0.1) is 13.8 Å². The Morgan fingerprint density at radius 3 is 2.58 bits per heavy atom. The van der Waals surface area contributed by atoms with Crippen LogP contribution in [0.25, 0.3) is 0 Å². The van der Waals surface area contributed by atoms with Gasteiger partial charge in [-0.25, -0.2) is 4.79 Å². The van der Waals surface area contributed by atoms with Crippen molar-refractivity contribution in [2.24, 2.45) is 0 Å². The van der Waals surface area contributed by atoms with E-state index in [1.807, 2.05) is 32.0 Å². The quantitative estimate of drug-likeness (QED) is 0.838. The molecule has 0 aliphatic heterocycles. The molecule has 4 nitrogen and oxygen atoms in total. The van der Waals surface area contributed by atoms with Crippen LogP contribution in [0.2, 0.25) is 5.02 Å². The maximum absolute atomic E-state index is 12.2. The number of amides is 1. The van der Waals surface area contributed by atoms with Gasteiger partial charge in [0.2, 0.25) is 0 Å². The molecule has 2 rings (SSSR count). The minimum Gasteiger partial charge on any atom is -0.459 e. The van der Waals surface area contributed by atoms with Gasteiger partial charge in [0.1, 0.15) is 12.6 Å².